The second-order valence-corrected chi connectivity index (χ2v) is 6.37. The summed E-state index contributed by atoms with van der Waals surface area (Å²) >= 11 is 1.10. The standard InChI is InChI=1S/C8H11F3N2O2S2/c1-13(5-8(9,10)11)17(14,15)7-2-6(3-12)16-4-7/h2,4H,3,5,12H2,1H3. The SMILES string of the molecule is CN(CC(F)(F)F)S(=O)(=O)c1csc(CN)c1. The molecule has 1 aromatic heterocycles. The van der Waals surface area contributed by atoms with E-state index < -0.39 is 22.7 Å². The van der Waals surface area contributed by atoms with E-state index in [0.717, 1.165) is 18.4 Å². The molecule has 9 heteroatoms. The third kappa shape index (κ3) is 3.66. The van der Waals surface area contributed by atoms with Crippen LogP contribution in [0.25, 0.3) is 0 Å². The maximum atomic E-state index is 12.1. The van der Waals surface area contributed by atoms with Gasteiger partial charge < -0.3 is 5.73 Å². The van der Waals surface area contributed by atoms with Gasteiger partial charge in [-0.2, -0.15) is 17.5 Å². The lowest BCUT2D eigenvalue weighted by molar-refractivity contribution is -0.134. The molecule has 0 aliphatic heterocycles. The number of thiophene rings is 1. The fourth-order valence-corrected chi connectivity index (χ4v) is 3.42. The van der Waals surface area contributed by atoms with Crippen LogP contribution in [0.15, 0.2) is 16.3 Å². The van der Waals surface area contributed by atoms with Gasteiger partial charge in [-0.25, -0.2) is 8.42 Å². The van der Waals surface area contributed by atoms with Crippen LogP contribution in [0.2, 0.25) is 0 Å². The number of rotatable bonds is 4. The molecule has 0 atom stereocenters. The van der Waals surface area contributed by atoms with Gasteiger partial charge in [0.25, 0.3) is 0 Å². The van der Waals surface area contributed by atoms with Crippen LogP contribution < -0.4 is 5.73 Å². The van der Waals surface area contributed by atoms with Crippen LogP contribution in [0.3, 0.4) is 0 Å². The summed E-state index contributed by atoms with van der Waals surface area (Å²) in [6.45, 7) is -1.35. The van der Waals surface area contributed by atoms with Crippen LogP contribution in [-0.2, 0) is 16.6 Å². The Kier molecular flexibility index (Phi) is 4.18. The first-order valence-corrected chi connectivity index (χ1v) is 6.79. The average molecular weight is 288 g/mol. The van der Waals surface area contributed by atoms with Gasteiger partial charge in [-0.15, -0.1) is 11.3 Å². The molecule has 0 saturated heterocycles. The molecule has 0 saturated carbocycles. The highest BCUT2D eigenvalue weighted by molar-refractivity contribution is 7.89. The second kappa shape index (κ2) is 4.92. The van der Waals surface area contributed by atoms with Gasteiger partial charge in [0.1, 0.15) is 6.54 Å². The Balaban J connectivity index is 2.95. The first-order chi connectivity index (χ1) is 7.66. The Labute approximate surface area is 101 Å². The zero-order chi connectivity index (χ0) is 13.3. The van der Waals surface area contributed by atoms with Crippen LogP contribution in [0.4, 0.5) is 13.2 Å². The molecule has 98 valence electrons. The molecule has 1 aromatic rings. The van der Waals surface area contributed by atoms with E-state index >= 15 is 0 Å². The molecule has 0 amide bonds. The normalized spacial score (nSPS) is 13.3. The zero-order valence-corrected chi connectivity index (χ0v) is 10.5. The van der Waals surface area contributed by atoms with E-state index in [1.807, 2.05) is 0 Å². The molecule has 0 bridgehead atoms. The summed E-state index contributed by atoms with van der Waals surface area (Å²) in [4.78, 5) is 0.443. The number of halogens is 3. The van der Waals surface area contributed by atoms with E-state index in [1.165, 1.54) is 11.4 Å². The van der Waals surface area contributed by atoms with Crippen molar-refractivity contribution < 1.29 is 21.6 Å². The molecule has 1 heterocycles. The van der Waals surface area contributed by atoms with Gasteiger partial charge in [-0.3, -0.25) is 0 Å². The second-order valence-electron chi connectivity index (χ2n) is 3.33. The van der Waals surface area contributed by atoms with Crippen molar-refractivity contribution in [3.05, 3.63) is 16.3 Å². The lowest BCUT2D eigenvalue weighted by atomic mass is 10.5. The van der Waals surface area contributed by atoms with Crippen molar-refractivity contribution in [3.63, 3.8) is 0 Å². The summed E-state index contributed by atoms with van der Waals surface area (Å²) in [6.07, 6.45) is -4.56. The lowest BCUT2D eigenvalue weighted by Gasteiger charge is -2.17. The van der Waals surface area contributed by atoms with Crippen LogP contribution >= 0.6 is 11.3 Å². The van der Waals surface area contributed by atoms with Gasteiger partial charge >= 0.3 is 6.18 Å². The summed E-state index contributed by atoms with van der Waals surface area (Å²) in [5.74, 6) is 0. The predicted molar refractivity (Wildman–Crippen MR) is 58.1 cm³/mol. The topological polar surface area (TPSA) is 63.4 Å². The monoisotopic (exact) mass is 288 g/mol. The number of alkyl halides is 3. The Hall–Kier alpha value is -0.640. The molecule has 0 spiro atoms. The summed E-state index contributed by atoms with van der Waals surface area (Å²) in [5.41, 5.74) is 5.31. The molecule has 0 aliphatic carbocycles. The van der Waals surface area contributed by atoms with Crippen molar-refractivity contribution >= 4 is 21.4 Å². The molecule has 0 unspecified atom stereocenters. The number of hydrogen-bond donors (Lipinski definition) is 1. The third-order valence-corrected chi connectivity index (χ3v) is 4.83. The van der Waals surface area contributed by atoms with Crippen molar-refractivity contribution in [2.45, 2.75) is 17.6 Å². The van der Waals surface area contributed by atoms with Crippen LogP contribution in [0, 0.1) is 0 Å². The van der Waals surface area contributed by atoms with E-state index in [9.17, 15) is 21.6 Å². The van der Waals surface area contributed by atoms with Gasteiger partial charge in [0.05, 0.1) is 4.90 Å². The molecule has 4 nitrogen and oxygen atoms in total. The van der Waals surface area contributed by atoms with E-state index in [2.05, 4.69) is 0 Å². The largest absolute Gasteiger partial charge is 0.402 e. The van der Waals surface area contributed by atoms with Crippen LogP contribution in [0.5, 0.6) is 0 Å². The lowest BCUT2D eigenvalue weighted by Crippen LogP contribution is -2.35. The summed E-state index contributed by atoms with van der Waals surface area (Å²) in [6, 6.07) is 1.28. The Bertz CT molecular complexity index is 481. The first-order valence-electron chi connectivity index (χ1n) is 4.47. The summed E-state index contributed by atoms with van der Waals surface area (Å²) < 4.78 is 60.0. The smallest absolute Gasteiger partial charge is 0.326 e. The molecule has 0 radical (unpaired) electrons. The third-order valence-electron chi connectivity index (χ3n) is 1.94. The summed E-state index contributed by atoms with van der Waals surface area (Å²) in [5, 5.41) is 1.28. The fraction of sp³-hybridized carbons (Fsp3) is 0.500. The van der Waals surface area contributed by atoms with Crippen molar-refractivity contribution in [1.29, 1.82) is 0 Å². The Morgan fingerprint density at radius 2 is 2.06 bits per heavy atom. The highest BCUT2D eigenvalue weighted by atomic mass is 32.2. The van der Waals surface area contributed by atoms with E-state index in [1.54, 1.807) is 0 Å². The minimum Gasteiger partial charge on any atom is -0.326 e. The van der Waals surface area contributed by atoms with Crippen LogP contribution in [0.1, 0.15) is 4.88 Å². The van der Waals surface area contributed by atoms with E-state index in [4.69, 9.17) is 5.73 Å². The summed E-state index contributed by atoms with van der Waals surface area (Å²) in [7, 11) is -3.20. The molecule has 0 aliphatic rings. The van der Waals surface area contributed by atoms with Gasteiger partial charge in [-0.05, 0) is 6.07 Å². The molecule has 0 aromatic carbocycles. The van der Waals surface area contributed by atoms with Gasteiger partial charge in [0.2, 0.25) is 10.0 Å². The molecule has 17 heavy (non-hydrogen) atoms. The predicted octanol–water partition coefficient (Wildman–Crippen LogP) is 1.39. The van der Waals surface area contributed by atoms with Gasteiger partial charge in [0, 0.05) is 23.8 Å². The molecular weight excluding hydrogens is 277 g/mol. The van der Waals surface area contributed by atoms with E-state index in [0.29, 0.717) is 4.88 Å². The highest BCUT2D eigenvalue weighted by Gasteiger charge is 2.35. The molecule has 0 fully saturated rings. The minimum atomic E-state index is -4.56. The number of nitrogens with two attached hydrogens (primary N) is 1. The molecule has 1 rings (SSSR count). The minimum absolute atomic E-state index is 0.156. The maximum absolute atomic E-state index is 12.1. The van der Waals surface area contributed by atoms with Crippen LogP contribution in [-0.4, -0.2) is 32.5 Å². The molecule has 2 N–H and O–H groups in total. The highest BCUT2D eigenvalue weighted by Crippen LogP contribution is 2.24. The van der Waals surface area contributed by atoms with Gasteiger partial charge in [-0.1, -0.05) is 0 Å². The van der Waals surface area contributed by atoms with E-state index in [-0.39, 0.29) is 15.7 Å². The Morgan fingerprint density at radius 1 is 1.47 bits per heavy atom. The maximum Gasteiger partial charge on any atom is 0.402 e. The number of hydrogen-bond acceptors (Lipinski definition) is 4. The van der Waals surface area contributed by atoms with Crippen molar-refractivity contribution in [2.24, 2.45) is 5.73 Å². The van der Waals surface area contributed by atoms with Crippen molar-refractivity contribution in [3.8, 4) is 0 Å². The van der Waals surface area contributed by atoms with Crippen molar-refractivity contribution in [2.75, 3.05) is 13.6 Å². The number of nitrogens with zero attached hydrogens (tertiary/aromatic N) is 1. The Morgan fingerprint density at radius 3 is 2.47 bits per heavy atom. The first kappa shape index (κ1) is 14.4. The fourth-order valence-electron chi connectivity index (χ4n) is 1.12. The number of sulfonamides is 1. The average Bonchev–Trinajstić information content (AvgIpc) is 2.63. The zero-order valence-electron chi connectivity index (χ0n) is 8.86. The quantitative estimate of drug-likeness (QED) is 0.910. The van der Waals surface area contributed by atoms with Gasteiger partial charge in [0.15, 0.2) is 0 Å². The van der Waals surface area contributed by atoms with Crippen molar-refractivity contribution in [1.82, 2.24) is 4.31 Å². The molecular formula is C8H11F3N2O2S2.